The van der Waals surface area contributed by atoms with Crippen molar-refractivity contribution in [2.45, 2.75) is 20.4 Å². The zero-order valence-corrected chi connectivity index (χ0v) is 16.8. The normalized spacial score (nSPS) is 11.2. The highest BCUT2D eigenvalue weighted by molar-refractivity contribution is 9.10. The van der Waals surface area contributed by atoms with Crippen molar-refractivity contribution in [1.82, 2.24) is 14.8 Å². The lowest BCUT2D eigenvalue weighted by atomic mass is 10.1. The summed E-state index contributed by atoms with van der Waals surface area (Å²) >= 11 is 4.95. The van der Waals surface area contributed by atoms with Crippen LogP contribution in [-0.2, 0) is 6.54 Å². The van der Waals surface area contributed by atoms with Crippen LogP contribution >= 0.6 is 27.3 Å². The largest absolute Gasteiger partial charge is 0.294 e. The minimum atomic E-state index is -0.150. The molecular weight excluding hydrogens is 410 g/mol. The lowest BCUT2D eigenvalue weighted by Crippen LogP contribution is -2.24. The van der Waals surface area contributed by atoms with Gasteiger partial charge in [-0.05, 0) is 31.5 Å². The van der Waals surface area contributed by atoms with Crippen LogP contribution in [0.1, 0.15) is 16.1 Å². The molecule has 2 aromatic carbocycles. The average Bonchev–Trinajstić information content (AvgIpc) is 3.02. The van der Waals surface area contributed by atoms with Crippen LogP contribution < -0.4 is 5.56 Å². The van der Waals surface area contributed by atoms with Crippen LogP contribution in [0.2, 0.25) is 0 Å². The number of aromatic nitrogens is 3. The summed E-state index contributed by atoms with van der Waals surface area (Å²) in [4.78, 5) is 17.4. The topological polar surface area (TPSA) is 47.8 Å². The Kier molecular flexibility index (Phi) is 4.46. The summed E-state index contributed by atoms with van der Waals surface area (Å²) in [6.07, 6.45) is 0. The van der Waals surface area contributed by atoms with Crippen molar-refractivity contribution in [3.05, 3.63) is 79.5 Å². The Labute approximate surface area is 163 Å². The molecule has 4 aromatic rings. The van der Waals surface area contributed by atoms with Crippen LogP contribution in [0.5, 0.6) is 0 Å². The molecule has 4 nitrogen and oxygen atoms in total. The quantitative estimate of drug-likeness (QED) is 0.466. The first kappa shape index (κ1) is 17.1. The molecule has 0 unspecified atom stereocenters. The van der Waals surface area contributed by atoms with Gasteiger partial charge in [-0.25, -0.2) is 9.67 Å². The Bertz CT molecular complexity index is 1140. The van der Waals surface area contributed by atoms with Gasteiger partial charge in [0.25, 0.3) is 5.56 Å². The fraction of sp³-hybridized carbons (Fsp3) is 0.150. The van der Waals surface area contributed by atoms with Crippen LogP contribution in [0.15, 0.2) is 57.8 Å². The fourth-order valence-electron chi connectivity index (χ4n) is 2.84. The lowest BCUT2D eigenvalue weighted by Gasteiger charge is -2.09. The third-order valence-electron chi connectivity index (χ3n) is 4.18. The van der Waals surface area contributed by atoms with E-state index in [0.717, 1.165) is 31.0 Å². The van der Waals surface area contributed by atoms with Crippen molar-refractivity contribution in [3.8, 4) is 11.3 Å². The number of hydrogen-bond acceptors (Lipinski definition) is 4. The van der Waals surface area contributed by atoms with Crippen molar-refractivity contribution in [1.29, 1.82) is 0 Å². The molecule has 0 atom stereocenters. The predicted molar refractivity (Wildman–Crippen MR) is 110 cm³/mol. The standard InChI is InChI=1S/C20H16BrN3OS/c1-12-3-7-15(8-4-12)17-19-18(22-13(2)26-19)20(25)24(23-17)11-14-5-9-16(21)10-6-14/h3-10H,11H2,1-2H3. The van der Waals surface area contributed by atoms with E-state index in [2.05, 4.69) is 40.0 Å². The van der Waals surface area contributed by atoms with Crippen LogP contribution in [0.25, 0.3) is 21.5 Å². The summed E-state index contributed by atoms with van der Waals surface area (Å²) < 4.78 is 3.37. The summed E-state index contributed by atoms with van der Waals surface area (Å²) in [5.74, 6) is 0. The maximum atomic E-state index is 12.9. The highest BCUT2D eigenvalue weighted by Gasteiger charge is 2.16. The Morgan fingerprint density at radius 1 is 1.04 bits per heavy atom. The van der Waals surface area contributed by atoms with E-state index < -0.39 is 0 Å². The molecule has 130 valence electrons. The zero-order valence-electron chi connectivity index (χ0n) is 14.4. The first-order chi connectivity index (χ1) is 12.5. The lowest BCUT2D eigenvalue weighted by molar-refractivity contribution is 0.650. The summed E-state index contributed by atoms with van der Waals surface area (Å²) in [6, 6.07) is 16.1. The van der Waals surface area contributed by atoms with Gasteiger partial charge in [0.15, 0.2) is 5.52 Å². The van der Waals surface area contributed by atoms with E-state index in [1.807, 2.05) is 43.3 Å². The number of benzene rings is 2. The van der Waals surface area contributed by atoms with Crippen LogP contribution in [0.3, 0.4) is 0 Å². The van der Waals surface area contributed by atoms with E-state index in [4.69, 9.17) is 5.10 Å². The summed E-state index contributed by atoms with van der Waals surface area (Å²) in [7, 11) is 0. The van der Waals surface area contributed by atoms with Gasteiger partial charge in [-0.15, -0.1) is 11.3 Å². The SMILES string of the molecule is Cc1ccc(-c2nn(Cc3ccc(Br)cc3)c(=O)c3nc(C)sc23)cc1. The molecule has 2 heterocycles. The number of hydrogen-bond donors (Lipinski definition) is 0. The smallest absolute Gasteiger partial charge is 0.265 e. The monoisotopic (exact) mass is 425 g/mol. The molecule has 0 bridgehead atoms. The number of rotatable bonds is 3. The summed E-state index contributed by atoms with van der Waals surface area (Å²) in [6.45, 7) is 4.39. The fourth-order valence-corrected chi connectivity index (χ4v) is 4.02. The number of fused-ring (bicyclic) bond motifs is 1. The minimum absolute atomic E-state index is 0.150. The van der Waals surface area contributed by atoms with Crippen molar-refractivity contribution < 1.29 is 0 Å². The Morgan fingerprint density at radius 2 is 1.73 bits per heavy atom. The summed E-state index contributed by atoms with van der Waals surface area (Å²) in [5, 5.41) is 5.56. The van der Waals surface area contributed by atoms with Gasteiger partial charge >= 0.3 is 0 Å². The van der Waals surface area contributed by atoms with Crippen molar-refractivity contribution >= 4 is 37.5 Å². The van der Waals surface area contributed by atoms with Gasteiger partial charge in [0.2, 0.25) is 0 Å². The second-order valence-electron chi connectivity index (χ2n) is 6.21. The first-order valence-electron chi connectivity index (χ1n) is 8.21. The molecule has 6 heteroatoms. The molecule has 26 heavy (non-hydrogen) atoms. The highest BCUT2D eigenvalue weighted by atomic mass is 79.9. The first-order valence-corrected chi connectivity index (χ1v) is 9.82. The molecule has 4 rings (SSSR count). The van der Waals surface area contributed by atoms with Gasteiger partial charge < -0.3 is 0 Å². The molecule has 0 aliphatic rings. The van der Waals surface area contributed by atoms with Gasteiger partial charge in [0.05, 0.1) is 16.3 Å². The van der Waals surface area contributed by atoms with Gasteiger partial charge in [0, 0.05) is 10.0 Å². The predicted octanol–water partition coefficient (Wildman–Crippen LogP) is 4.95. The van der Waals surface area contributed by atoms with E-state index in [-0.39, 0.29) is 5.56 Å². The number of aryl methyl sites for hydroxylation is 2. The molecule has 0 spiro atoms. The highest BCUT2D eigenvalue weighted by Crippen LogP contribution is 2.29. The molecule has 0 N–H and O–H groups in total. The maximum absolute atomic E-state index is 12.9. The minimum Gasteiger partial charge on any atom is -0.265 e. The molecule has 0 amide bonds. The van der Waals surface area contributed by atoms with Gasteiger partial charge in [-0.2, -0.15) is 5.10 Å². The molecule has 0 aliphatic carbocycles. The van der Waals surface area contributed by atoms with Crippen LogP contribution in [-0.4, -0.2) is 14.8 Å². The number of halogens is 1. The number of thiazole rings is 1. The summed E-state index contributed by atoms with van der Waals surface area (Å²) in [5.41, 5.74) is 4.35. The third-order valence-corrected chi connectivity index (χ3v) is 5.68. The second kappa shape index (κ2) is 6.78. The second-order valence-corrected chi connectivity index (χ2v) is 8.33. The van der Waals surface area contributed by atoms with Gasteiger partial charge in [-0.1, -0.05) is 57.9 Å². The van der Waals surface area contributed by atoms with E-state index in [9.17, 15) is 4.79 Å². The van der Waals surface area contributed by atoms with Crippen molar-refractivity contribution in [2.24, 2.45) is 0 Å². The maximum Gasteiger partial charge on any atom is 0.294 e. The molecular formula is C20H16BrN3OS. The molecule has 0 radical (unpaired) electrons. The molecule has 0 fully saturated rings. The van der Waals surface area contributed by atoms with Gasteiger partial charge in [0.1, 0.15) is 5.69 Å². The Morgan fingerprint density at radius 3 is 2.42 bits per heavy atom. The van der Waals surface area contributed by atoms with E-state index in [1.54, 1.807) is 0 Å². The zero-order chi connectivity index (χ0) is 18.3. The third kappa shape index (κ3) is 3.22. The van der Waals surface area contributed by atoms with Crippen LogP contribution in [0.4, 0.5) is 0 Å². The van der Waals surface area contributed by atoms with E-state index >= 15 is 0 Å². The number of nitrogens with zero attached hydrogens (tertiary/aromatic N) is 3. The van der Waals surface area contributed by atoms with Crippen LogP contribution in [0, 0.1) is 13.8 Å². The molecule has 0 saturated heterocycles. The Hall–Kier alpha value is -2.31. The molecule has 0 saturated carbocycles. The molecule has 2 aromatic heterocycles. The van der Waals surface area contributed by atoms with Gasteiger partial charge in [-0.3, -0.25) is 4.79 Å². The van der Waals surface area contributed by atoms with E-state index in [1.165, 1.54) is 21.6 Å². The molecule has 0 aliphatic heterocycles. The van der Waals surface area contributed by atoms with Crippen molar-refractivity contribution in [3.63, 3.8) is 0 Å². The average molecular weight is 426 g/mol. The van der Waals surface area contributed by atoms with E-state index in [0.29, 0.717) is 12.1 Å². The Balaban J connectivity index is 1.90. The van der Waals surface area contributed by atoms with Crippen molar-refractivity contribution in [2.75, 3.05) is 0 Å².